The van der Waals surface area contributed by atoms with E-state index in [1.165, 1.54) is 4.90 Å². The third kappa shape index (κ3) is 6.42. The SMILES string of the molecule is CC(CN)CN1CCCN(C(=O)NCC(F)(F)F)CC1. The van der Waals surface area contributed by atoms with Gasteiger partial charge in [-0.3, -0.25) is 0 Å². The number of nitrogens with zero attached hydrogens (tertiary/aromatic N) is 2. The molecule has 1 fully saturated rings. The summed E-state index contributed by atoms with van der Waals surface area (Å²) >= 11 is 0. The molecule has 0 radical (unpaired) electrons. The van der Waals surface area contributed by atoms with Crippen LogP contribution in [0.5, 0.6) is 0 Å². The molecule has 0 bridgehead atoms. The van der Waals surface area contributed by atoms with Crippen LogP contribution >= 0.6 is 0 Å². The highest BCUT2D eigenvalue weighted by Crippen LogP contribution is 2.13. The number of nitrogens with one attached hydrogen (secondary N) is 1. The average molecular weight is 296 g/mol. The van der Waals surface area contributed by atoms with Crippen molar-refractivity contribution in [2.24, 2.45) is 11.7 Å². The number of rotatable bonds is 4. The predicted octanol–water partition coefficient (Wildman–Crippen LogP) is 0.861. The number of carbonyl (C=O) groups is 1. The van der Waals surface area contributed by atoms with Crippen molar-refractivity contribution < 1.29 is 18.0 Å². The van der Waals surface area contributed by atoms with Gasteiger partial charge in [0.15, 0.2) is 0 Å². The minimum Gasteiger partial charge on any atom is -0.330 e. The number of nitrogens with two attached hydrogens (primary N) is 1. The van der Waals surface area contributed by atoms with Crippen LogP contribution in [0, 0.1) is 5.92 Å². The second-order valence-corrected chi connectivity index (χ2v) is 5.26. The van der Waals surface area contributed by atoms with Gasteiger partial charge in [-0.05, 0) is 25.4 Å². The highest BCUT2D eigenvalue weighted by Gasteiger charge is 2.29. The third-order valence-electron chi connectivity index (χ3n) is 3.29. The van der Waals surface area contributed by atoms with E-state index in [-0.39, 0.29) is 0 Å². The highest BCUT2D eigenvalue weighted by atomic mass is 19.4. The van der Waals surface area contributed by atoms with Crippen LogP contribution in [0.25, 0.3) is 0 Å². The zero-order chi connectivity index (χ0) is 15.2. The third-order valence-corrected chi connectivity index (χ3v) is 3.29. The molecule has 0 aromatic carbocycles. The van der Waals surface area contributed by atoms with Gasteiger partial charge < -0.3 is 20.9 Å². The van der Waals surface area contributed by atoms with Gasteiger partial charge in [-0.25, -0.2) is 4.79 Å². The Bertz CT molecular complexity index is 312. The lowest BCUT2D eigenvalue weighted by Crippen LogP contribution is -2.45. The maximum Gasteiger partial charge on any atom is 0.405 e. The summed E-state index contributed by atoms with van der Waals surface area (Å²) in [6, 6.07) is -0.643. The molecule has 118 valence electrons. The number of hydrogen-bond acceptors (Lipinski definition) is 3. The molecule has 1 rings (SSSR count). The molecule has 5 nitrogen and oxygen atoms in total. The van der Waals surface area contributed by atoms with Gasteiger partial charge >= 0.3 is 12.2 Å². The Morgan fingerprint density at radius 2 is 2.00 bits per heavy atom. The van der Waals surface area contributed by atoms with E-state index in [4.69, 9.17) is 5.73 Å². The van der Waals surface area contributed by atoms with Gasteiger partial charge in [0.1, 0.15) is 6.54 Å². The van der Waals surface area contributed by atoms with Gasteiger partial charge in [0.05, 0.1) is 0 Å². The maximum absolute atomic E-state index is 12.1. The van der Waals surface area contributed by atoms with Crippen molar-refractivity contribution in [3.8, 4) is 0 Å². The number of alkyl halides is 3. The molecule has 1 aliphatic heterocycles. The fourth-order valence-corrected chi connectivity index (χ4v) is 2.16. The fraction of sp³-hybridized carbons (Fsp3) is 0.917. The minimum absolute atomic E-state index is 0.376. The first-order valence-electron chi connectivity index (χ1n) is 6.84. The van der Waals surface area contributed by atoms with E-state index in [2.05, 4.69) is 11.8 Å². The topological polar surface area (TPSA) is 61.6 Å². The molecule has 8 heteroatoms. The molecule has 20 heavy (non-hydrogen) atoms. The normalized spacial score (nSPS) is 19.6. The zero-order valence-corrected chi connectivity index (χ0v) is 11.7. The maximum atomic E-state index is 12.1. The summed E-state index contributed by atoms with van der Waals surface area (Å²) in [7, 11) is 0. The van der Waals surface area contributed by atoms with E-state index in [1.54, 1.807) is 0 Å². The number of carbonyl (C=O) groups excluding carboxylic acids is 1. The lowest BCUT2D eigenvalue weighted by atomic mass is 10.1. The summed E-state index contributed by atoms with van der Waals surface area (Å²) in [5.41, 5.74) is 5.58. The van der Waals surface area contributed by atoms with Crippen molar-refractivity contribution in [1.29, 1.82) is 0 Å². The van der Waals surface area contributed by atoms with Crippen molar-refractivity contribution in [2.45, 2.75) is 19.5 Å². The molecule has 2 amide bonds. The molecule has 0 spiro atoms. The molecule has 1 atom stereocenters. The number of hydrogen-bond donors (Lipinski definition) is 2. The summed E-state index contributed by atoms with van der Waals surface area (Å²) in [5.74, 6) is 0.376. The Morgan fingerprint density at radius 1 is 1.30 bits per heavy atom. The van der Waals surface area contributed by atoms with E-state index < -0.39 is 18.8 Å². The van der Waals surface area contributed by atoms with Gasteiger partial charge in [0, 0.05) is 26.2 Å². The van der Waals surface area contributed by atoms with Gasteiger partial charge in [0.25, 0.3) is 0 Å². The molecule has 1 unspecified atom stereocenters. The lowest BCUT2D eigenvalue weighted by molar-refractivity contribution is -0.123. The van der Waals surface area contributed by atoms with Gasteiger partial charge in [-0.2, -0.15) is 13.2 Å². The zero-order valence-electron chi connectivity index (χ0n) is 11.7. The molecule has 0 aromatic rings. The molecule has 1 heterocycles. The average Bonchev–Trinajstić information content (AvgIpc) is 2.60. The number of halogens is 3. The van der Waals surface area contributed by atoms with E-state index in [0.717, 1.165) is 19.5 Å². The van der Waals surface area contributed by atoms with E-state index in [0.29, 0.717) is 32.1 Å². The predicted molar refractivity (Wildman–Crippen MR) is 70.3 cm³/mol. The van der Waals surface area contributed by atoms with Crippen molar-refractivity contribution >= 4 is 6.03 Å². The first-order valence-corrected chi connectivity index (χ1v) is 6.84. The summed E-state index contributed by atoms with van der Waals surface area (Å²) in [6.07, 6.45) is -3.61. The van der Waals surface area contributed by atoms with Crippen molar-refractivity contribution in [3.05, 3.63) is 0 Å². The van der Waals surface area contributed by atoms with E-state index in [1.807, 2.05) is 5.32 Å². The number of urea groups is 1. The summed E-state index contributed by atoms with van der Waals surface area (Å²) < 4.78 is 36.2. The first-order chi connectivity index (χ1) is 9.31. The molecule has 0 aliphatic carbocycles. The Morgan fingerprint density at radius 3 is 2.60 bits per heavy atom. The molecule has 0 aromatic heterocycles. The molecular weight excluding hydrogens is 273 g/mol. The Kier molecular flexibility index (Phi) is 6.54. The molecule has 1 aliphatic rings. The van der Waals surface area contributed by atoms with Crippen molar-refractivity contribution in [1.82, 2.24) is 15.1 Å². The fourth-order valence-electron chi connectivity index (χ4n) is 2.16. The van der Waals surface area contributed by atoms with Crippen molar-refractivity contribution in [2.75, 3.05) is 45.8 Å². The van der Waals surface area contributed by atoms with Crippen LogP contribution in [0.4, 0.5) is 18.0 Å². The quantitative estimate of drug-likeness (QED) is 0.809. The molecule has 3 N–H and O–H groups in total. The van der Waals surface area contributed by atoms with E-state index >= 15 is 0 Å². The minimum atomic E-state index is -4.37. The van der Waals surface area contributed by atoms with Crippen LogP contribution in [0.2, 0.25) is 0 Å². The summed E-state index contributed by atoms with van der Waals surface area (Å²) in [4.78, 5) is 15.3. The Balaban J connectivity index is 2.37. The standard InChI is InChI=1S/C12H23F3N4O/c1-10(7-16)8-18-3-2-4-19(6-5-18)11(20)17-9-12(13,14)15/h10H,2-9,16H2,1H3,(H,17,20). The van der Waals surface area contributed by atoms with Gasteiger partial charge in [-0.15, -0.1) is 0 Å². The van der Waals surface area contributed by atoms with Gasteiger partial charge in [0.2, 0.25) is 0 Å². The monoisotopic (exact) mass is 296 g/mol. The lowest BCUT2D eigenvalue weighted by Gasteiger charge is -2.24. The first kappa shape index (κ1) is 17.0. The van der Waals surface area contributed by atoms with Crippen LogP contribution in [0.15, 0.2) is 0 Å². The largest absolute Gasteiger partial charge is 0.405 e. The Hall–Kier alpha value is -1.02. The van der Waals surface area contributed by atoms with Crippen LogP contribution in [-0.2, 0) is 0 Å². The number of amides is 2. The summed E-state index contributed by atoms with van der Waals surface area (Å²) in [5, 5.41) is 1.91. The highest BCUT2D eigenvalue weighted by molar-refractivity contribution is 5.74. The smallest absolute Gasteiger partial charge is 0.330 e. The molecule has 1 saturated heterocycles. The second-order valence-electron chi connectivity index (χ2n) is 5.26. The van der Waals surface area contributed by atoms with Crippen LogP contribution < -0.4 is 11.1 Å². The Labute approximate surface area is 117 Å². The molecule has 0 saturated carbocycles. The van der Waals surface area contributed by atoms with Crippen molar-refractivity contribution in [3.63, 3.8) is 0 Å². The summed E-state index contributed by atoms with van der Waals surface area (Å²) in [6.45, 7) is 4.67. The van der Waals surface area contributed by atoms with Crippen LogP contribution in [-0.4, -0.2) is 67.8 Å². The second kappa shape index (κ2) is 7.68. The van der Waals surface area contributed by atoms with Gasteiger partial charge in [-0.1, -0.05) is 6.92 Å². The molecular formula is C12H23F3N4O. The van der Waals surface area contributed by atoms with Crippen LogP contribution in [0.1, 0.15) is 13.3 Å². The van der Waals surface area contributed by atoms with E-state index in [9.17, 15) is 18.0 Å². The van der Waals surface area contributed by atoms with Crippen LogP contribution in [0.3, 0.4) is 0 Å².